The van der Waals surface area contributed by atoms with Gasteiger partial charge in [0.05, 0.1) is 0 Å². The summed E-state index contributed by atoms with van der Waals surface area (Å²) in [7, 11) is 0. The first kappa shape index (κ1) is 21.8. The van der Waals surface area contributed by atoms with E-state index in [4.69, 9.17) is 9.47 Å². The molecule has 0 fully saturated rings. The quantitative estimate of drug-likeness (QED) is 0.666. The molecule has 0 aromatic heterocycles. The molecule has 2 aromatic rings. The standard InChI is InChI=1S/C20H26N2O3.ClH/c1-3-21-16(2)13-22-20(23)15-25-19-11-9-18(10-12-19)24-14-17-7-5-4-6-8-17;/h4-12,16,21H,3,13-15H2,1-2H3,(H,22,23);1H/t16-;/m1./s1. The molecule has 2 N–H and O–H groups in total. The van der Waals surface area contributed by atoms with E-state index in [1.807, 2.05) is 56.3 Å². The Morgan fingerprint density at radius 2 is 1.62 bits per heavy atom. The number of likely N-dealkylation sites (N-methyl/N-ethyl adjacent to an activating group) is 1. The van der Waals surface area contributed by atoms with E-state index in [0.29, 0.717) is 18.9 Å². The highest BCUT2D eigenvalue weighted by Gasteiger charge is 2.05. The second-order valence-corrected chi connectivity index (χ2v) is 5.80. The Kier molecular flexibility index (Phi) is 10.2. The van der Waals surface area contributed by atoms with Crippen molar-refractivity contribution in [2.45, 2.75) is 26.5 Å². The molecule has 0 spiro atoms. The van der Waals surface area contributed by atoms with Crippen molar-refractivity contribution in [3.8, 4) is 11.5 Å². The van der Waals surface area contributed by atoms with Gasteiger partial charge in [-0.15, -0.1) is 12.4 Å². The fourth-order valence-electron chi connectivity index (χ4n) is 2.26. The Hall–Kier alpha value is -2.24. The molecule has 1 amide bonds. The number of benzene rings is 2. The third-order valence-electron chi connectivity index (χ3n) is 3.60. The molecule has 2 aromatic carbocycles. The number of ether oxygens (including phenoxy) is 2. The van der Waals surface area contributed by atoms with Crippen LogP contribution in [0.5, 0.6) is 11.5 Å². The molecule has 0 aliphatic rings. The molecule has 1 atom stereocenters. The van der Waals surface area contributed by atoms with E-state index in [9.17, 15) is 4.79 Å². The number of carbonyl (C=O) groups excluding carboxylic acids is 1. The normalized spacial score (nSPS) is 11.2. The molecule has 0 saturated heterocycles. The number of hydrogen-bond donors (Lipinski definition) is 2. The average Bonchev–Trinajstić information content (AvgIpc) is 2.65. The predicted octanol–water partition coefficient (Wildman–Crippen LogP) is 3.18. The largest absolute Gasteiger partial charge is 0.489 e. The summed E-state index contributed by atoms with van der Waals surface area (Å²) in [6.07, 6.45) is 0. The van der Waals surface area contributed by atoms with Gasteiger partial charge in [-0.25, -0.2) is 0 Å². The van der Waals surface area contributed by atoms with Gasteiger partial charge < -0.3 is 20.1 Å². The topological polar surface area (TPSA) is 59.6 Å². The van der Waals surface area contributed by atoms with Crippen molar-refractivity contribution in [1.29, 1.82) is 0 Å². The Morgan fingerprint density at radius 1 is 1.00 bits per heavy atom. The van der Waals surface area contributed by atoms with Crippen molar-refractivity contribution >= 4 is 18.3 Å². The first-order valence-electron chi connectivity index (χ1n) is 8.57. The second kappa shape index (κ2) is 12.2. The Labute approximate surface area is 161 Å². The van der Waals surface area contributed by atoms with Crippen molar-refractivity contribution in [1.82, 2.24) is 10.6 Å². The lowest BCUT2D eigenvalue weighted by molar-refractivity contribution is -0.123. The van der Waals surface area contributed by atoms with Crippen LogP contribution in [0.15, 0.2) is 54.6 Å². The summed E-state index contributed by atoms with van der Waals surface area (Å²) in [6.45, 7) is 6.05. The van der Waals surface area contributed by atoms with Gasteiger partial charge in [-0.05, 0) is 43.3 Å². The Bertz CT molecular complexity index is 635. The van der Waals surface area contributed by atoms with E-state index in [2.05, 4.69) is 10.6 Å². The lowest BCUT2D eigenvalue weighted by Gasteiger charge is -2.13. The number of amides is 1. The van der Waals surface area contributed by atoms with Crippen LogP contribution < -0.4 is 20.1 Å². The van der Waals surface area contributed by atoms with Gasteiger partial charge in [-0.3, -0.25) is 4.79 Å². The van der Waals surface area contributed by atoms with Crippen molar-refractivity contribution in [2.24, 2.45) is 0 Å². The molecule has 0 unspecified atom stereocenters. The predicted molar refractivity (Wildman–Crippen MR) is 106 cm³/mol. The van der Waals surface area contributed by atoms with Crippen LogP contribution in [0.3, 0.4) is 0 Å². The molecule has 0 saturated carbocycles. The molecule has 0 radical (unpaired) electrons. The van der Waals surface area contributed by atoms with Gasteiger partial charge in [0.15, 0.2) is 6.61 Å². The number of hydrogen-bond acceptors (Lipinski definition) is 4. The first-order chi connectivity index (χ1) is 12.2. The highest BCUT2D eigenvalue weighted by Crippen LogP contribution is 2.18. The minimum absolute atomic E-state index is 0. The van der Waals surface area contributed by atoms with Gasteiger partial charge >= 0.3 is 0 Å². The zero-order valence-electron chi connectivity index (χ0n) is 15.2. The minimum Gasteiger partial charge on any atom is -0.489 e. The highest BCUT2D eigenvalue weighted by molar-refractivity contribution is 5.85. The minimum atomic E-state index is -0.130. The maximum Gasteiger partial charge on any atom is 0.257 e. The van der Waals surface area contributed by atoms with Gasteiger partial charge in [0.25, 0.3) is 5.91 Å². The van der Waals surface area contributed by atoms with Crippen molar-refractivity contribution < 1.29 is 14.3 Å². The summed E-state index contributed by atoms with van der Waals surface area (Å²) in [4.78, 5) is 11.8. The molecule has 0 aliphatic carbocycles. The Balaban J connectivity index is 0.00000338. The maximum absolute atomic E-state index is 11.8. The van der Waals surface area contributed by atoms with Crippen LogP contribution in [0, 0.1) is 0 Å². The van der Waals surface area contributed by atoms with Crippen LogP contribution in [0.25, 0.3) is 0 Å². The molecule has 142 valence electrons. The molecule has 2 rings (SSSR count). The van der Waals surface area contributed by atoms with Gasteiger partial charge in [-0.2, -0.15) is 0 Å². The number of halogens is 1. The van der Waals surface area contributed by atoms with E-state index >= 15 is 0 Å². The highest BCUT2D eigenvalue weighted by atomic mass is 35.5. The fourth-order valence-corrected chi connectivity index (χ4v) is 2.26. The van der Waals surface area contributed by atoms with Crippen LogP contribution in [-0.2, 0) is 11.4 Å². The molecule has 0 heterocycles. The fraction of sp³-hybridized carbons (Fsp3) is 0.350. The van der Waals surface area contributed by atoms with E-state index in [1.165, 1.54) is 0 Å². The lowest BCUT2D eigenvalue weighted by atomic mass is 10.2. The van der Waals surface area contributed by atoms with Crippen LogP contribution in [0.2, 0.25) is 0 Å². The van der Waals surface area contributed by atoms with Gasteiger partial charge in [0.2, 0.25) is 0 Å². The second-order valence-electron chi connectivity index (χ2n) is 5.80. The average molecular weight is 379 g/mol. The van der Waals surface area contributed by atoms with Crippen LogP contribution in [-0.4, -0.2) is 31.6 Å². The smallest absolute Gasteiger partial charge is 0.257 e. The number of nitrogens with one attached hydrogen (secondary N) is 2. The molecular weight excluding hydrogens is 352 g/mol. The van der Waals surface area contributed by atoms with E-state index < -0.39 is 0 Å². The zero-order chi connectivity index (χ0) is 17.9. The van der Waals surface area contributed by atoms with Crippen LogP contribution in [0.4, 0.5) is 0 Å². The summed E-state index contributed by atoms with van der Waals surface area (Å²) in [5.41, 5.74) is 1.12. The summed E-state index contributed by atoms with van der Waals surface area (Å²) in [5.74, 6) is 1.27. The van der Waals surface area contributed by atoms with Crippen molar-refractivity contribution in [2.75, 3.05) is 19.7 Å². The van der Waals surface area contributed by atoms with Crippen molar-refractivity contribution in [3.63, 3.8) is 0 Å². The molecule has 0 bridgehead atoms. The Morgan fingerprint density at radius 3 is 2.23 bits per heavy atom. The SMILES string of the molecule is CCN[C@H](C)CNC(=O)COc1ccc(OCc2ccccc2)cc1.Cl. The summed E-state index contributed by atoms with van der Waals surface area (Å²) in [5, 5.41) is 6.07. The maximum atomic E-state index is 11.8. The number of rotatable bonds is 10. The third kappa shape index (κ3) is 8.23. The van der Waals surface area contributed by atoms with Gasteiger partial charge in [-0.1, -0.05) is 37.3 Å². The van der Waals surface area contributed by atoms with Crippen LogP contribution in [0.1, 0.15) is 19.4 Å². The third-order valence-corrected chi connectivity index (χ3v) is 3.60. The first-order valence-corrected chi connectivity index (χ1v) is 8.57. The number of carbonyl (C=O) groups is 1. The lowest BCUT2D eigenvalue weighted by Crippen LogP contribution is -2.40. The van der Waals surface area contributed by atoms with E-state index in [1.54, 1.807) is 12.1 Å². The molecule has 26 heavy (non-hydrogen) atoms. The zero-order valence-corrected chi connectivity index (χ0v) is 16.1. The summed E-state index contributed by atoms with van der Waals surface area (Å²) in [6, 6.07) is 17.5. The van der Waals surface area contributed by atoms with Crippen molar-refractivity contribution in [3.05, 3.63) is 60.2 Å². The van der Waals surface area contributed by atoms with Crippen LogP contribution >= 0.6 is 12.4 Å². The summed E-state index contributed by atoms with van der Waals surface area (Å²) < 4.78 is 11.2. The molecule has 6 heteroatoms. The molecule has 5 nitrogen and oxygen atoms in total. The van der Waals surface area contributed by atoms with Gasteiger partial charge in [0.1, 0.15) is 18.1 Å². The molecular formula is C20H27ClN2O3. The van der Waals surface area contributed by atoms with E-state index in [0.717, 1.165) is 17.9 Å². The summed E-state index contributed by atoms with van der Waals surface area (Å²) >= 11 is 0. The van der Waals surface area contributed by atoms with Gasteiger partial charge in [0, 0.05) is 12.6 Å². The monoisotopic (exact) mass is 378 g/mol. The molecule has 0 aliphatic heterocycles. The van der Waals surface area contributed by atoms with E-state index in [-0.39, 0.29) is 31.0 Å².